The Balaban J connectivity index is 1.82. The molecule has 2 aromatic carbocycles. The summed E-state index contributed by atoms with van der Waals surface area (Å²) in [5.74, 6) is -3.50. The summed E-state index contributed by atoms with van der Waals surface area (Å²) >= 11 is 5.83. The molecule has 0 saturated carbocycles. The lowest BCUT2D eigenvalue weighted by atomic mass is 9.91. The standard InChI is InChI=1S/C22H16ClF3N4O4/c23-13-7-9-14(10-8-13)30-17-16(18(32)28-20(30)34)21(19(33)27-17,22(24,25)26)29-15(31)11-6-12-4-2-1-3-5-12/h1-5,7-10H,6,11H2,(H,27,33)(H,29,31)(H,28,32,34). The summed E-state index contributed by atoms with van der Waals surface area (Å²) in [6, 6.07) is 13.9. The van der Waals surface area contributed by atoms with Crippen molar-refractivity contribution in [3.8, 4) is 5.69 Å². The molecular formula is C22H16ClF3N4O4. The summed E-state index contributed by atoms with van der Waals surface area (Å²) in [5.41, 5.74) is -6.62. The van der Waals surface area contributed by atoms with Gasteiger partial charge in [0.15, 0.2) is 0 Å². The Hall–Kier alpha value is -3.86. The van der Waals surface area contributed by atoms with Gasteiger partial charge in [-0.15, -0.1) is 0 Å². The predicted octanol–water partition coefficient (Wildman–Crippen LogP) is 2.64. The molecule has 0 saturated heterocycles. The normalized spacial score (nSPS) is 17.2. The van der Waals surface area contributed by atoms with Crippen LogP contribution in [0.25, 0.3) is 5.69 Å². The summed E-state index contributed by atoms with van der Waals surface area (Å²) in [5, 5.41) is 3.99. The number of benzene rings is 2. The largest absolute Gasteiger partial charge is 0.425 e. The van der Waals surface area contributed by atoms with Crippen LogP contribution in [0.2, 0.25) is 5.02 Å². The van der Waals surface area contributed by atoms with Crippen LogP contribution >= 0.6 is 11.6 Å². The number of rotatable bonds is 5. The number of nitrogens with zero attached hydrogens (tertiary/aromatic N) is 1. The smallest absolute Gasteiger partial charge is 0.330 e. The van der Waals surface area contributed by atoms with E-state index in [2.05, 4.69) is 0 Å². The molecular weight excluding hydrogens is 477 g/mol. The highest BCUT2D eigenvalue weighted by molar-refractivity contribution is 6.30. The second kappa shape index (κ2) is 8.49. The first-order valence-corrected chi connectivity index (χ1v) is 10.3. The molecule has 2 amide bonds. The second-order valence-electron chi connectivity index (χ2n) is 7.53. The highest BCUT2D eigenvalue weighted by Gasteiger charge is 2.68. The van der Waals surface area contributed by atoms with E-state index in [4.69, 9.17) is 11.6 Å². The first-order valence-electron chi connectivity index (χ1n) is 9.93. The van der Waals surface area contributed by atoms with Crippen LogP contribution < -0.4 is 21.9 Å². The van der Waals surface area contributed by atoms with Gasteiger partial charge in [-0.1, -0.05) is 41.9 Å². The Bertz CT molecular complexity index is 1380. The van der Waals surface area contributed by atoms with Gasteiger partial charge in [-0.3, -0.25) is 19.4 Å². The van der Waals surface area contributed by atoms with E-state index >= 15 is 0 Å². The molecule has 1 unspecified atom stereocenters. The van der Waals surface area contributed by atoms with E-state index in [1.165, 1.54) is 24.3 Å². The zero-order valence-corrected chi connectivity index (χ0v) is 18.0. The van der Waals surface area contributed by atoms with Crippen LogP contribution in [0.1, 0.15) is 17.5 Å². The zero-order valence-electron chi connectivity index (χ0n) is 17.2. The van der Waals surface area contributed by atoms with Crippen molar-refractivity contribution in [3.05, 3.63) is 91.6 Å². The van der Waals surface area contributed by atoms with Crippen LogP contribution in [0.5, 0.6) is 0 Å². The van der Waals surface area contributed by atoms with Crippen LogP contribution in [0, 0.1) is 0 Å². The molecule has 1 aliphatic heterocycles. The average Bonchev–Trinajstić information content (AvgIpc) is 3.07. The Morgan fingerprint density at radius 3 is 2.29 bits per heavy atom. The lowest BCUT2D eigenvalue weighted by molar-refractivity contribution is -0.200. The second-order valence-corrected chi connectivity index (χ2v) is 7.97. The number of H-pyrrole nitrogens is 1. The Kier molecular flexibility index (Phi) is 5.82. The van der Waals surface area contributed by atoms with Crippen molar-refractivity contribution in [2.75, 3.05) is 5.32 Å². The van der Waals surface area contributed by atoms with E-state index in [0.717, 1.165) is 0 Å². The van der Waals surface area contributed by atoms with Crippen LogP contribution in [0.4, 0.5) is 19.0 Å². The van der Waals surface area contributed by atoms with Crippen LogP contribution in [-0.2, 0) is 21.5 Å². The third kappa shape index (κ3) is 3.87. The summed E-state index contributed by atoms with van der Waals surface area (Å²) in [6.45, 7) is 0. The van der Waals surface area contributed by atoms with Gasteiger partial charge < -0.3 is 10.6 Å². The van der Waals surface area contributed by atoms with Crippen molar-refractivity contribution in [1.29, 1.82) is 0 Å². The first kappa shape index (κ1) is 23.3. The Morgan fingerprint density at radius 1 is 1.03 bits per heavy atom. The maximum absolute atomic E-state index is 14.4. The average molecular weight is 493 g/mol. The van der Waals surface area contributed by atoms with Crippen LogP contribution in [0.15, 0.2) is 64.2 Å². The van der Waals surface area contributed by atoms with Gasteiger partial charge in [0.25, 0.3) is 11.5 Å². The number of aromatic nitrogens is 2. The van der Waals surface area contributed by atoms with E-state index in [1.807, 2.05) is 5.32 Å². The molecule has 0 fully saturated rings. The van der Waals surface area contributed by atoms with Crippen LogP contribution in [-0.4, -0.2) is 27.5 Å². The molecule has 12 heteroatoms. The van der Waals surface area contributed by atoms with Gasteiger partial charge >= 0.3 is 11.9 Å². The quantitative estimate of drug-likeness (QED) is 0.508. The van der Waals surface area contributed by atoms with Crippen molar-refractivity contribution < 1.29 is 22.8 Å². The molecule has 8 nitrogen and oxygen atoms in total. The number of hydrogen-bond donors (Lipinski definition) is 3. The van der Waals surface area contributed by atoms with Crippen molar-refractivity contribution in [1.82, 2.24) is 14.9 Å². The van der Waals surface area contributed by atoms with Gasteiger partial charge in [0, 0.05) is 11.4 Å². The first-order chi connectivity index (χ1) is 16.0. The van der Waals surface area contributed by atoms with Gasteiger partial charge in [-0.05, 0) is 36.2 Å². The SMILES string of the molecule is O=C(CCc1ccccc1)NC1(C(F)(F)F)C(=O)Nc2c1c(=O)[nH]c(=O)n2-c1ccc(Cl)cc1. The number of aromatic amines is 1. The van der Waals surface area contributed by atoms with E-state index in [9.17, 15) is 32.3 Å². The molecule has 2 heterocycles. The summed E-state index contributed by atoms with van der Waals surface area (Å²) in [6.07, 6.45) is -5.67. The topological polar surface area (TPSA) is 113 Å². The van der Waals surface area contributed by atoms with Gasteiger partial charge in [-0.2, -0.15) is 13.2 Å². The monoisotopic (exact) mass is 492 g/mol. The third-order valence-electron chi connectivity index (χ3n) is 5.38. The van der Waals surface area contributed by atoms with Crippen molar-refractivity contribution in [2.45, 2.75) is 24.6 Å². The fraction of sp³-hybridized carbons (Fsp3) is 0.182. The number of nitrogens with one attached hydrogen (secondary N) is 3. The predicted molar refractivity (Wildman–Crippen MR) is 117 cm³/mol. The number of fused-ring (bicyclic) bond motifs is 1. The number of hydrogen-bond acceptors (Lipinski definition) is 4. The maximum atomic E-state index is 14.4. The summed E-state index contributed by atoms with van der Waals surface area (Å²) in [7, 11) is 0. The molecule has 3 N–H and O–H groups in total. The van der Waals surface area contributed by atoms with E-state index in [1.54, 1.807) is 40.6 Å². The Morgan fingerprint density at radius 2 is 1.68 bits per heavy atom. The van der Waals surface area contributed by atoms with Gasteiger partial charge in [0.05, 0.1) is 5.69 Å². The fourth-order valence-corrected chi connectivity index (χ4v) is 3.91. The minimum atomic E-state index is -5.40. The number of aryl methyl sites for hydroxylation is 1. The van der Waals surface area contributed by atoms with Crippen molar-refractivity contribution in [3.63, 3.8) is 0 Å². The number of halogens is 4. The minimum absolute atomic E-state index is 0.0376. The van der Waals surface area contributed by atoms with Crippen molar-refractivity contribution >= 4 is 29.2 Å². The van der Waals surface area contributed by atoms with Crippen LogP contribution in [0.3, 0.4) is 0 Å². The molecule has 0 spiro atoms. The van der Waals surface area contributed by atoms with E-state index in [0.29, 0.717) is 10.1 Å². The lowest BCUT2D eigenvalue weighted by Crippen LogP contribution is -2.62. The number of amides is 2. The third-order valence-corrected chi connectivity index (χ3v) is 5.63. The molecule has 1 aliphatic rings. The molecule has 34 heavy (non-hydrogen) atoms. The fourth-order valence-electron chi connectivity index (χ4n) is 3.79. The summed E-state index contributed by atoms with van der Waals surface area (Å²) in [4.78, 5) is 52.2. The minimum Gasteiger partial charge on any atom is -0.330 e. The number of anilines is 1. The molecule has 0 bridgehead atoms. The molecule has 1 aromatic heterocycles. The number of alkyl halides is 3. The van der Waals surface area contributed by atoms with Crippen molar-refractivity contribution in [2.24, 2.45) is 0 Å². The highest BCUT2D eigenvalue weighted by atomic mass is 35.5. The molecule has 4 rings (SSSR count). The van der Waals surface area contributed by atoms with E-state index < -0.39 is 46.2 Å². The molecule has 1 atom stereocenters. The number of carbonyl (C=O) groups excluding carboxylic acids is 2. The molecule has 3 aromatic rings. The van der Waals surface area contributed by atoms with Gasteiger partial charge in [0.1, 0.15) is 11.4 Å². The molecule has 0 radical (unpaired) electrons. The Labute approximate surface area is 194 Å². The lowest BCUT2D eigenvalue weighted by Gasteiger charge is -2.30. The van der Waals surface area contributed by atoms with Gasteiger partial charge in [-0.25, -0.2) is 9.36 Å². The van der Waals surface area contributed by atoms with Gasteiger partial charge in [0.2, 0.25) is 11.4 Å². The molecule has 0 aliphatic carbocycles. The van der Waals surface area contributed by atoms with E-state index in [-0.39, 0.29) is 23.6 Å². The maximum Gasteiger partial charge on any atom is 0.425 e. The highest BCUT2D eigenvalue weighted by Crippen LogP contribution is 2.45. The summed E-state index contributed by atoms with van der Waals surface area (Å²) < 4.78 is 43.9. The molecule has 176 valence electrons. The zero-order chi connectivity index (χ0) is 24.7. The number of carbonyl (C=O) groups is 2.